The Kier molecular flexibility index (Phi) is 2.93. The zero-order valence-corrected chi connectivity index (χ0v) is 6.53. The molecular formula is C7H9N2S. The maximum absolute atomic E-state index is 4.88. The lowest BCUT2D eigenvalue weighted by Gasteiger charge is -2.11. The summed E-state index contributed by atoms with van der Waals surface area (Å²) in [4.78, 5) is 0. The fourth-order valence-corrected chi connectivity index (χ4v) is 0.769. The summed E-state index contributed by atoms with van der Waals surface area (Å²) in [6, 6.07) is 1.03. The molecule has 1 rings (SSSR count). The molecule has 1 aliphatic rings. The van der Waals surface area contributed by atoms with Gasteiger partial charge in [-0.2, -0.15) is 0 Å². The Morgan fingerprint density at radius 2 is 2.00 bits per heavy atom. The van der Waals surface area contributed by atoms with Gasteiger partial charge in [-0.3, -0.25) is 0 Å². The highest BCUT2D eigenvalue weighted by atomic mass is 32.1. The largest absolute Gasteiger partial charge is 0.366 e. The van der Waals surface area contributed by atoms with Crippen molar-refractivity contribution in [2.24, 2.45) is 0 Å². The number of hydrogen-bond donors (Lipinski definition) is 2. The molecule has 2 nitrogen and oxygen atoms in total. The molecule has 0 bridgehead atoms. The van der Waals surface area contributed by atoms with Crippen LogP contribution in [0.15, 0.2) is 0 Å². The molecule has 0 saturated heterocycles. The van der Waals surface area contributed by atoms with Gasteiger partial charge < -0.3 is 10.6 Å². The Labute approximate surface area is 67.4 Å². The molecular weight excluding hydrogens is 144 g/mol. The van der Waals surface area contributed by atoms with Crippen molar-refractivity contribution in [3.8, 4) is 0 Å². The minimum absolute atomic E-state index is 0.645. The van der Waals surface area contributed by atoms with Crippen molar-refractivity contribution in [1.29, 1.82) is 0 Å². The number of thiocarbonyl (C=S) groups is 1. The van der Waals surface area contributed by atoms with Gasteiger partial charge in [-0.05, 0) is 37.9 Å². The van der Waals surface area contributed by atoms with Crippen LogP contribution in [0, 0.1) is 31.7 Å². The van der Waals surface area contributed by atoms with Crippen LogP contribution in [0.25, 0.3) is 0 Å². The predicted octanol–water partition coefficient (Wildman–Crippen LogP) is 0.443. The van der Waals surface area contributed by atoms with E-state index in [0.29, 0.717) is 5.11 Å². The van der Waals surface area contributed by atoms with Gasteiger partial charge in [-0.25, -0.2) is 0 Å². The third-order valence-electron chi connectivity index (χ3n) is 1.15. The molecule has 0 aliphatic heterocycles. The van der Waals surface area contributed by atoms with Crippen LogP contribution in [0.4, 0.5) is 0 Å². The second-order valence-electron chi connectivity index (χ2n) is 1.88. The molecule has 0 aromatic rings. The van der Waals surface area contributed by atoms with E-state index in [1.54, 1.807) is 7.05 Å². The fourth-order valence-electron chi connectivity index (χ4n) is 0.651. The second-order valence-corrected chi connectivity index (χ2v) is 2.29. The molecule has 0 heterocycles. The monoisotopic (exact) mass is 153 g/mol. The van der Waals surface area contributed by atoms with Gasteiger partial charge in [-0.1, -0.05) is 0 Å². The topological polar surface area (TPSA) is 24.1 Å². The predicted molar refractivity (Wildman–Crippen MR) is 45.2 cm³/mol. The smallest absolute Gasteiger partial charge is 0.166 e. The van der Waals surface area contributed by atoms with Crippen LogP contribution in [0.2, 0.25) is 0 Å². The van der Waals surface area contributed by atoms with Gasteiger partial charge in [0, 0.05) is 7.05 Å². The lowest BCUT2D eigenvalue weighted by molar-refractivity contribution is 0.968. The van der Waals surface area contributed by atoms with Crippen molar-refractivity contribution in [3.63, 3.8) is 0 Å². The van der Waals surface area contributed by atoms with Gasteiger partial charge in [0.25, 0.3) is 0 Å². The van der Waals surface area contributed by atoms with Crippen molar-refractivity contribution in [1.82, 2.24) is 10.6 Å². The Bertz CT molecular complexity index is 119. The van der Waals surface area contributed by atoms with E-state index in [4.69, 9.17) is 12.2 Å². The first-order chi connectivity index (χ1) is 4.83. The zero-order valence-electron chi connectivity index (χ0n) is 5.72. The highest BCUT2D eigenvalue weighted by Crippen LogP contribution is 2.19. The maximum Gasteiger partial charge on any atom is 0.166 e. The summed E-state index contributed by atoms with van der Waals surface area (Å²) in [6.45, 7) is 0. The van der Waals surface area contributed by atoms with E-state index in [-0.39, 0.29) is 0 Å². The minimum atomic E-state index is 0.645. The van der Waals surface area contributed by atoms with E-state index < -0.39 is 0 Å². The summed E-state index contributed by atoms with van der Waals surface area (Å²) in [6.07, 6.45) is 7.84. The average Bonchev–Trinajstić information content (AvgIpc) is 2.40. The van der Waals surface area contributed by atoms with Crippen molar-refractivity contribution in [2.45, 2.75) is 0 Å². The molecule has 1 aliphatic carbocycles. The summed E-state index contributed by atoms with van der Waals surface area (Å²) in [5.74, 6) is 0. The number of rotatable bonds is 1. The quantitative estimate of drug-likeness (QED) is 0.535. The van der Waals surface area contributed by atoms with E-state index in [0.717, 1.165) is 6.04 Å². The average molecular weight is 153 g/mol. The summed E-state index contributed by atoms with van der Waals surface area (Å²) >= 11 is 4.88. The second kappa shape index (κ2) is 3.76. The first kappa shape index (κ1) is 7.79. The van der Waals surface area contributed by atoms with Gasteiger partial charge in [0.1, 0.15) is 0 Å². The number of hydrogen-bond acceptors (Lipinski definition) is 1. The Morgan fingerprint density at radius 1 is 1.40 bits per heavy atom. The lowest BCUT2D eigenvalue weighted by atomic mass is 10.3. The molecule has 0 amide bonds. The molecule has 0 aromatic carbocycles. The molecule has 5 radical (unpaired) electrons. The third kappa shape index (κ3) is 2.14. The fraction of sp³-hybridized carbons (Fsp3) is 0.143. The highest BCUT2D eigenvalue weighted by molar-refractivity contribution is 7.80. The van der Waals surface area contributed by atoms with Crippen LogP contribution >= 0.6 is 12.2 Å². The van der Waals surface area contributed by atoms with E-state index in [9.17, 15) is 0 Å². The van der Waals surface area contributed by atoms with E-state index in [1.807, 2.05) is 25.7 Å². The molecule has 0 aromatic heterocycles. The van der Waals surface area contributed by atoms with E-state index in [2.05, 4.69) is 10.6 Å². The van der Waals surface area contributed by atoms with Crippen LogP contribution in [-0.4, -0.2) is 12.2 Å². The molecule has 0 atom stereocenters. The van der Waals surface area contributed by atoms with E-state index >= 15 is 0 Å². The molecule has 2 N–H and O–H groups in total. The van der Waals surface area contributed by atoms with Gasteiger partial charge in [-0.15, -0.1) is 0 Å². The van der Waals surface area contributed by atoms with E-state index in [1.165, 1.54) is 0 Å². The minimum Gasteiger partial charge on any atom is -0.366 e. The van der Waals surface area contributed by atoms with Crippen LogP contribution in [-0.2, 0) is 0 Å². The standard InChI is InChI=1S/C7H9N2S/c1-8-7(10)9-6-4-2-3-5-6/h2-5H,1H3,(H2,8,9,10). The Balaban J connectivity index is 2.17. The summed E-state index contributed by atoms with van der Waals surface area (Å²) in [5, 5.41) is 6.46. The van der Waals surface area contributed by atoms with Crippen molar-refractivity contribution in [3.05, 3.63) is 31.7 Å². The SMILES string of the molecule is CNC(=S)N[C]1[CH][CH][CH][CH]1. The summed E-state index contributed by atoms with van der Waals surface area (Å²) in [7, 11) is 1.79. The van der Waals surface area contributed by atoms with Gasteiger partial charge in [0.15, 0.2) is 5.11 Å². The molecule has 1 saturated carbocycles. The van der Waals surface area contributed by atoms with Crippen LogP contribution in [0.5, 0.6) is 0 Å². The first-order valence-electron chi connectivity index (χ1n) is 3.03. The van der Waals surface area contributed by atoms with Gasteiger partial charge >= 0.3 is 0 Å². The van der Waals surface area contributed by atoms with Crippen LogP contribution in [0.1, 0.15) is 0 Å². The third-order valence-corrected chi connectivity index (χ3v) is 1.45. The van der Waals surface area contributed by atoms with Crippen LogP contribution < -0.4 is 10.6 Å². The maximum atomic E-state index is 4.88. The summed E-state index contributed by atoms with van der Waals surface area (Å²) in [5.41, 5.74) is 0. The molecule has 53 valence electrons. The summed E-state index contributed by atoms with van der Waals surface area (Å²) < 4.78 is 0. The molecule has 0 unspecified atom stereocenters. The molecule has 1 fully saturated rings. The lowest BCUT2D eigenvalue weighted by Crippen LogP contribution is -2.34. The molecule has 10 heavy (non-hydrogen) atoms. The van der Waals surface area contributed by atoms with Crippen LogP contribution in [0.3, 0.4) is 0 Å². The van der Waals surface area contributed by atoms with Gasteiger partial charge in [0.2, 0.25) is 0 Å². The van der Waals surface area contributed by atoms with Gasteiger partial charge in [0.05, 0.1) is 6.04 Å². The normalized spacial score (nSPS) is 18.9. The Morgan fingerprint density at radius 3 is 2.50 bits per heavy atom. The van der Waals surface area contributed by atoms with Crippen molar-refractivity contribution < 1.29 is 0 Å². The zero-order chi connectivity index (χ0) is 7.40. The molecule has 3 heteroatoms. The number of nitrogens with one attached hydrogen (secondary N) is 2. The Hall–Kier alpha value is -0.310. The highest BCUT2D eigenvalue weighted by Gasteiger charge is 2.16. The van der Waals surface area contributed by atoms with Crippen molar-refractivity contribution in [2.75, 3.05) is 7.05 Å². The molecule has 0 spiro atoms. The first-order valence-corrected chi connectivity index (χ1v) is 3.44. The van der Waals surface area contributed by atoms with Crippen molar-refractivity contribution >= 4 is 17.3 Å².